The van der Waals surface area contributed by atoms with Gasteiger partial charge in [-0.2, -0.15) is 0 Å². The van der Waals surface area contributed by atoms with Crippen molar-refractivity contribution in [1.29, 1.82) is 0 Å². The van der Waals surface area contributed by atoms with E-state index in [1.54, 1.807) is 18.2 Å². The molecule has 0 unspecified atom stereocenters. The molecule has 1 aliphatic rings. The van der Waals surface area contributed by atoms with E-state index in [2.05, 4.69) is 10.3 Å². The number of carboxylic acid groups (broad SMARTS) is 1. The molecule has 2 aromatic rings. The van der Waals surface area contributed by atoms with E-state index in [1.165, 1.54) is 23.9 Å². The van der Waals surface area contributed by atoms with Gasteiger partial charge in [-0.3, -0.25) is 4.79 Å². The number of nitrogens with zero attached hydrogens (tertiary/aromatic N) is 1. The van der Waals surface area contributed by atoms with Crippen LogP contribution in [0.5, 0.6) is 0 Å². The molecule has 0 bridgehead atoms. The molecule has 3 rings (SSSR count). The second-order valence-corrected chi connectivity index (χ2v) is 6.75. The van der Waals surface area contributed by atoms with E-state index in [1.807, 2.05) is 25.1 Å². The first-order valence-corrected chi connectivity index (χ1v) is 8.51. The zero-order valence-electron chi connectivity index (χ0n) is 13.1. The van der Waals surface area contributed by atoms with E-state index in [-0.39, 0.29) is 11.5 Å². The maximum absolute atomic E-state index is 12.1. The van der Waals surface area contributed by atoms with Crippen molar-refractivity contribution in [2.45, 2.75) is 6.92 Å². The summed E-state index contributed by atoms with van der Waals surface area (Å²) in [5, 5.41) is 12.7. The van der Waals surface area contributed by atoms with Gasteiger partial charge >= 0.3 is 5.97 Å². The summed E-state index contributed by atoms with van der Waals surface area (Å²) in [6.45, 7) is 1.83. The first-order chi connectivity index (χ1) is 11.9. The highest BCUT2D eigenvalue weighted by Crippen LogP contribution is 2.30. The Kier molecular flexibility index (Phi) is 4.92. The van der Waals surface area contributed by atoms with E-state index < -0.39 is 5.97 Å². The van der Waals surface area contributed by atoms with Crippen LogP contribution in [0.1, 0.15) is 21.5 Å². The molecule has 0 spiro atoms. The Morgan fingerprint density at radius 2 is 2.04 bits per heavy atom. The van der Waals surface area contributed by atoms with Gasteiger partial charge in [0.25, 0.3) is 5.91 Å². The minimum Gasteiger partial charge on any atom is -0.478 e. The van der Waals surface area contributed by atoms with Crippen molar-refractivity contribution in [3.8, 4) is 0 Å². The fourth-order valence-corrected chi connectivity index (χ4v) is 3.20. The third kappa shape index (κ3) is 3.92. The number of rotatable bonds is 3. The number of nitrogens with one attached hydrogen (secondary N) is 1. The van der Waals surface area contributed by atoms with Crippen molar-refractivity contribution in [2.75, 3.05) is 0 Å². The van der Waals surface area contributed by atoms with Crippen molar-refractivity contribution in [2.24, 2.45) is 4.99 Å². The molecule has 2 aromatic carbocycles. The van der Waals surface area contributed by atoms with Gasteiger partial charge in [-0.15, -0.1) is 0 Å². The molecule has 0 radical (unpaired) electrons. The minimum absolute atomic E-state index is 0.145. The van der Waals surface area contributed by atoms with Crippen LogP contribution < -0.4 is 5.32 Å². The van der Waals surface area contributed by atoms with E-state index in [9.17, 15) is 9.59 Å². The molecule has 1 heterocycles. The van der Waals surface area contributed by atoms with Crippen LogP contribution in [-0.4, -0.2) is 22.2 Å². The van der Waals surface area contributed by atoms with Crippen LogP contribution in [-0.2, 0) is 4.79 Å². The van der Waals surface area contributed by atoms with Crippen LogP contribution in [0.2, 0.25) is 5.02 Å². The first-order valence-electron chi connectivity index (χ1n) is 7.32. The molecule has 0 aliphatic carbocycles. The third-order valence-corrected chi connectivity index (χ3v) is 4.77. The molecule has 7 heteroatoms. The lowest BCUT2D eigenvalue weighted by atomic mass is 10.1. The van der Waals surface area contributed by atoms with E-state index in [0.29, 0.717) is 20.8 Å². The number of aliphatic imine (C=N–C) groups is 1. The van der Waals surface area contributed by atoms with Gasteiger partial charge in [0, 0.05) is 5.02 Å². The van der Waals surface area contributed by atoms with Gasteiger partial charge in [0.1, 0.15) is 0 Å². The second kappa shape index (κ2) is 7.13. The van der Waals surface area contributed by atoms with Gasteiger partial charge < -0.3 is 10.4 Å². The van der Waals surface area contributed by atoms with Gasteiger partial charge in [0.15, 0.2) is 5.17 Å². The highest BCUT2D eigenvalue weighted by molar-refractivity contribution is 8.18. The molecule has 0 aromatic heterocycles. The number of carbonyl (C=O) groups is 2. The van der Waals surface area contributed by atoms with Crippen LogP contribution in [0.15, 0.2) is 52.4 Å². The number of thioether (sulfide) groups is 1. The number of carboxylic acids is 1. The summed E-state index contributed by atoms with van der Waals surface area (Å²) < 4.78 is 0. The number of benzene rings is 2. The minimum atomic E-state index is -1.02. The Balaban J connectivity index is 1.90. The Morgan fingerprint density at radius 3 is 2.76 bits per heavy atom. The van der Waals surface area contributed by atoms with Crippen molar-refractivity contribution < 1.29 is 14.7 Å². The highest BCUT2D eigenvalue weighted by atomic mass is 35.5. The number of amides is 1. The smallest absolute Gasteiger partial charge is 0.335 e. The molecular formula is C18H13ClN2O3S. The standard InChI is InChI=1S/C18H13ClN2O3S/c1-10-6-7-12(17(23)24)8-14(10)20-18-21-16(22)15(25-18)9-11-4-2-3-5-13(11)19/h2-9H,1H3,(H,23,24)(H,20,21,22). The molecule has 1 saturated heterocycles. The number of hydrogen-bond donors (Lipinski definition) is 2. The summed E-state index contributed by atoms with van der Waals surface area (Å²) in [5.74, 6) is -1.29. The molecule has 1 fully saturated rings. The largest absolute Gasteiger partial charge is 0.478 e. The van der Waals surface area contributed by atoms with E-state index in [0.717, 1.165) is 11.1 Å². The number of aryl methyl sites for hydroxylation is 1. The van der Waals surface area contributed by atoms with Crippen molar-refractivity contribution in [3.05, 3.63) is 69.1 Å². The first kappa shape index (κ1) is 17.3. The normalized spacial score (nSPS) is 17.1. The van der Waals surface area contributed by atoms with Gasteiger partial charge in [0.2, 0.25) is 0 Å². The third-order valence-electron chi connectivity index (χ3n) is 3.52. The summed E-state index contributed by atoms with van der Waals surface area (Å²) >= 11 is 7.30. The Bertz CT molecular complexity index is 938. The lowest BCUT2D eigenvalue weighted by Crippen LogP contribution is -2.19. The zero-order chi connectivity index (χ0) is 18.0. The number of amidine groups is 1. The lowest BCUT2D eigenvalue weighted by molar-refractivity contribution is -0.115. The summed E-state index contributed by atoms with van der Waals surface area (Å²) in [5.41, 5.74) is 2.20. The average molecular weight is 373 g/mol. The topological polar surface area (TPSA) is 78.8 Å². The molecule has 0 saturated carbocycles. The van der Waals surface area contributed by atoms with Gasteiger partial charge in [-0.25, -0.2) is 9.79 Å². The predicted octanol–water partition coefficient (Wildman–Crippen LogP) is 4.24. The summed E-state index contributed by atoms with van der Waals surface area (Å²) in [6.07, 6.45) is 1.70. The highest BCUT2D eigenvalue weighted by Gasteiger charge is 2.24. The Morgan fingerprint density at radius 1 is 1.28 bits per heavy atom. The van der Waals surface area contributed by atoms with Gasteiger partial charge in [0.05, 0.1) is 16.2 Å². The van der Waals surface area contributed by atoms with Crippen LogP contribution >= 0.6 is 23.4 Å². The SMILES string of the molecule is Cc1ccc(C(=O)O)cc1N=C1NC(=O)C(=Cc2ccccc2Cl)S1. The lowest BCUT2D eigenvalue weighted by Gasteiger charge is -2.03. The fourth-order valence-electron chi connectivity index (χ4n) is 2.19. The molecular weight excluding hydrogens is 360 g/mol. The summed E-state index contributed by atoms with van der Waals surface area (Å²) in [7, 11) is 0. The quantitative estimate of drug-likeness (QED) is 0.790. The molecule has 1 aliphatic heterocycles. The number of aromatic carboxylic acids is 1. The van der Waals surface area contributed by atoms with Crippen LogP contribution in [0.3, 0.4) is 0 Å². The molecule has 1 amide bonds. The van der Waals surface area contributed by atoms with Crippen LogP contribution in [0.4, 0.5) is 5.69 Å². The van der Waals surface area contributed by atoms with Crippen molar-refractivity contribution in [3.63, 3.8) is 0 Å². The molecule has 126 valence electrons. The maximum Gasteiger partial charge on any atom is 0.335 e. The molecule has 0 atom stereocenters. The summed E-state index contributed by atoms with van der Waals surface area (Å²) in [4.78, 5) is 28.1. The number of hydrogen-bond acceptors (Lipinski definition) is 4. The predicted molar refractivity (Wildman–Crippen MR) is 100 cm³/mol. The van der Waals surface area contributed by atoms with Gasteiger partial charge in [-0.05, 0) is 54.1 Å². The molecule has 25 heavy (non-hydrogen) atoms. The van der Waals surface area contributed by atoms with Crippen LogP contribution in [0.25, 0.3) is 6.08 Å². The van der Waals surface area contributed by atoms with Crippen molar-refractivity contribution in [1.82, 2.24) is 5.32 Å². The number of carbonyl (C=O) groups excluding carboxylic acids is 1. The fraction of sp³-hybridized carbons (Fsp3) is 0.0556. The molecule has 2 N–H and O–H groups in total. The zero-order valence-corrected chi connectivity index (χ0v) is 14.7. The maximum atomic E-state index is 12.1. The average Bonchev–Trinajstić information content (AvgIpc) is 2.91. The second-order valence-electron chi connectivity index (χ2n) is 5.31. The Labute approximate surface area is 153 Å². The van der Waals surface area contributed by atoms with Crippen LogP contribution in [0, 0.1) is 6.92 Å². The van der Waals surface area contributed by atoms with E-state index in [4.69, 9.17) is 16.7 Å². The monoisotopic (exact) mass is 372 g/mol. The van der Waals surface area contributed by atoms with Crippen molar-refractivity contribution >= 4 is 52.2 Å². The van der Waals surface area contributed by atoms with Gasteiger partial charge in [-0.1, -0.05) is 35.9 Å². The summed E-state index contributed by atoms with van der Waals surface area (Å²) in [6, 6.07) is 11.9. The molecule has 5 nitrogen and oxygen atoms in total. The Hall–Kier alpha value is -2.57. The number of halogens is 1. The van der Waals surface area contributed by atoms with E-state index >= 15 is 0 Å².